The van der Waals surface area contributed by atoms with Gasteiger partial charge in [-0.05, 0) is 43.7 Å². The molecule has 0 bridgehead atoms. The highest BCUT2D eigenvalue weighted by molar-refractivity contribution is 7.99. The summed E-state index contributed by atoms with van der Waals surface area (Å²) in [5, 5.41) is 3.18. The van der Waals surface area contributed by atoms with Crippen LogP contribution in [0.5, 0.6) is 0 Å². The number of ether oxygens (including phenoxy) is 1. The molecule has 2 fully saturated rings. The molecule has 2 aliphatic heterocycles. The van der Waals surface area contributed by atoms with Gasteiger partial charge in [0.25, 0.3) is 5.91 Å². The molecule has 1 aromatic carbocycles. The number of nitrogens with zero attached hydrogens (tertiary/aromatic N) is 1. The van der Waals surface area contributed by atoms with E-state index in [0.29, 0.717) is 18.4 Å². The number of amides is 2. The Balaban J connectivity index is 1.50. The lowest BCUT2D eigenvalue weighted by Gasteiger charge is -2.33. The molecule has 28 heavy (non-hydrogen) atoms. The fourth-order valence-corrected chi connectivity index (χ4v) is 4.87. The van der Waals surface area contributed by atoms with Crippen molar-refractivity contribution in [2.75, 3.05) is 25.4 Å². The van der Waals surface area contributed by atoms with Gasteiger partial charge in [0, 0.05) is 42.8 Å². The van der Waals surface area contributed by atoms with Crippen molar-refractivity contribution in [2.45, 2.75) is 63.0 Å². The van der Waals surface area contributed by atoms with Crippen molar-refractivity contribution in [3.05, 3.63) is 29.8 Å². The first-order valence-corrected chi connectivity index (χ1v) is 11.4. The van der Waals surface area contributed by atoms with Crippen LogP contribution in [-0.4, -0.2) is 54.3 Å². The lowest BCUT2D eigenvalue weighted by Crippen LogP contribution is -2.46. The normalized spacial score (nSPS) is 20.5. The van der Waals surface area contributed by atoms with Gasteiger partial charge in [-0.1, -0.05) is 26.0 Å². The van der Waals surface area contributed by atoms with Crippen LogP contribution >= 0.6 is 11.8 Å². The molecule has 0 spiro atoms. The van der Waals surface area contributed by atoms with Crippen molar-refractivity contribution in [1.29, 1.82) is 0 Å². The third kappa shape index (κ3) is 5.98. The van der Waals surface area contributed by atoms with Crippen molar-refractivity contribution < 1.29 is 14.3 Å². The second-order valence-corrected chi connectivity index (χ2v) is 9.23. The number of carbonyl (C=O) groups is 2. The lowest BCUT2D eigenvalue weighted by molar-refractivity contribution is -0.133. The molecule has 1 atom stereocenters. The zero-order chi connectivity index (χ0) is 19.9. The summed E-state index contributed by atoms with van der Waals surface area (Å²) < 4.78 is 5.70. The summed E-state index contributed by atoms with van der Waals surface area (Å²) in [6, 6.07) is 7.94. The van der Waals surface area contributed by atoms with Gasteiger partial charge in [-0.25, -0.2) is 0 Å². The Bertz CT molecular complexity index is 666. The largest absolute Gasteiger partial charge is 0.377 e. The van der Waals surface area contributed by atoms with E-state index in [1.807, 2.05) is 29.2 Å². The summed E-state index contributed by atoms with van der Waals surface area (Å²) in [5.74, 6) is 1.49. The molecule has 0 aromatic heterocycles. The standard InChI is InChI=1S/C22H32N2O3S/c1-16(2)14-21(25)24-11-9-17(10-12-24)23-22(26)19-7-3-4-8-20(19)28-15-18-6-5-13-27-18/h3-4,7-8,16-18H,5-6,9-15H2,1-2H3,(H,23,26). The fourth-order valence-electron chi connectivity index (χ4n) is 3.75. The van der Waals surface area contributed by atoms with Gasteiger partial charge in [0.1, 0.15) is 0 Å². The van der Waals surface area contributed by atoms with Gasteiger partial charge in [0.15, 0.2) is 0 Å². The highest BCUT2D eigenvalue weighted by Gasteiger charge is 2.25. The Morgan fingerprint density at radius 3 is 2.64 bits per heavy atom. The van der Waals surface area contributed by atoms with Gasteiger partial charge >= 0.3 is 0 Å². The van der Waals surface area contributed by atoms with Crippen molar-refractivity contribution in [3.8, 4) is 0 Å². The van der Waals surface area contributed by atoms with Gasteiger partial charge in [-0.3, -0.25) is 9.59 Å². The summed E-state index contributed by atoms with van der Waals surface area (Å²) in [4.78, 5) is 28.0. The van der Waals surface area contributed by atoms with Crippen LogP contribution in [0.1, 0.15) is 56.3 Å². The Hall–Kier alpha value is -1.53. The van der Waals surface area contributed by atoms with Crippen LogP contribution in [0.2, 0.25) is 0 Å². The monoisotopic (exact) mass is 404 g/mol. The number of rotatable bonds is 7. The molecular weight excluding hydrogens is 372 g/mol. The van der Waals surface area contributed by atoms with Crippen LogP contribution in [0.15, 0.2) is 29.2 Å². The van der Waals surface area contributed by atoms with Crippen LogP contribution in [0, 0.1) is 5.92 Å². The van der Waals surface area contributed by atoms with Crippen LogP contribution in [-0.2, 0) is 9.53 Å². The molecule has 2 aliphatic rings. The summed E-state index contributed by atoms with van der Waals surface area (Å²) >= 11 is 1.71. The molecule has 0 saturated carbocycles. The maximum Gasteiger partial charge on any atom is 0.252 e. The first-order chi connectivity index (χ1) is 13.5. The van der Waals surface area contributed by atoms with E-state index < -0.39 is 0 Å². The van der Waals surface area contributed by atoms with Gasteiger partial charge in [-0.15, -0.1) is 11.8 Å². The number of nitrogens with one attached hydrogen (secondary N) is 1. The molecule has 2 amide bonds. The molecule has 2 saturated heterocycles. The molecule has 6 heteroatoms. The van der Waals surface area contributed by atoms with Crippen LogP contribution in [0.4, 0.5) is 0 Å². The second-order valence-electron chi connectivity index (χ2n) is 8.17. The van der Waals surface area contributed by atoms with Gasteiger partial charge in [0.2, 0.25) is 5.91 Å². The number of piperidine rings is 1. The summed E-state index contributed by atoms with van der Waals surface area (Å²) in [5.41, 5.74) is 0.740. The number of hydrogen-bond acceptors (Lipinski definition) is 4. The maximum atomic E-state index is 12.9. The molecular formula is C22H32N2O3S. The minimum absolute atomic E-state index is 0.0117. The quantitative estimate of drug-likeness (QED) is 0.704. The Morgan fingerprint density at radius 2 is 1.96 bits per heavy atom. The van der Waals surface area contributed by atoms with Gasteiger partial charge in [0.05, 0.1) is 11.7 Å². The smallest absolute Gasteiger partial charge is 0.252 e. The van der Waals surface area contributed by atoms with Gasteiger partial charge in [-0.2, -0.15) is 0 Å². The zero-order valence-electron chi connectivity index (χ0n) is 17.0. The summed E-state index contributed by atoms with van der Waals surface area (Å²) in [6.07, 6.45) is 4.78. The first-order valence-electron chi connectivity index (χ1n) is 10.4. The summed E-state index contributed by atoms with van der Waals surface area (Å²) in [6.45, 7) is 6.45. The van der Waals surface area contributed by atoms with Gasteiger partial charge < -0.3 is 15.0 Å². The van der Waals surface area contributed by atoms with E-state index in [0.717, 1.165) is 61.6 Å². The second kappa shape index (κ2) is 10.3. The summed E-state index contributed by atoms with van der Waals surface area (Å²) in [7, 11) is 0. The molecule has 2 heterocycles. The van der Waals surface area contributed by atoms with Crippen molar-refractivity contribution >= 4 is 23.6 Å². The third-order valence-corrected chi connectivity index (χ3v) is 6.55. The predicted octanol–water partition coefficient (Wildman–Crippen LogP) is 3.72. The molecule has 0 aliphatic carbocycles. The van der Waals surface area contributed by atoms with Crippen LogP contribution in [0.3, 0.4) is 0 Å². The van der Waals surface area contributed by atoms with Crippen molar-refractivity contribution in [2.24, 2.45) is 5.92 Å². The van der Waals surface area contributed by atoms with E-state index in [4.69, 9.17) is 4.74 Å². The average molecular weight is 405 g/mol. The third-order valence-electron chi connectivity index (χ3n) is 5.35. The molecule has 3 rings (SSSR count). The Kier molecular flexibility index (Phi) is 7.80. The Labute approximate surface area is 172 Å². The molecule has 1 aromatic rings. The lowest BCUT2D eigenvalue weighted by atomic mass is 10.0. The van der Waals surface area contributed by atoms with Crippen LogP contribution in [0.25, 0.3) is 0 Å². The van der Waals surface area contributed by atoms with Crippen molar-refractivity contribution in [3.63, 3.8) is 0 Å². The van der Waals surface area contributed by atoms with E-state index in [-0.39, 0.29) is 17.9 Å². The molecule has 0 radical (unpaired) electrons. The highest BCUT2D eigenvalue weighted by Crippen LogP contribution is 2.27. The first kappa shape index (κ1) is 21.2. The number of benzene rings is 1. The molecule has 1 unspecified atom stereocenters. The number of hydrogen-bond donors (Lipinski definition) is 1. The van der Waals surface area contributed by atoms with E-state index >= 15 is 0 Å². The SMILES string of the molecule is CC(C)CC(=O)N1CCC(NC(=O)c2ccccc2SCC2CCCO2)CC1. The van der Waals surface area contributed by atoms with Crippen molar-refractivity contribution in [1.82, 2.24) is 10.2 Å². The van der Waals surface area contributed by atoms with E-state index in [2.05, 4.69) is 19.2 Å². The van der Waals surface area contributed by atoms with E-state index in [1.54, 1.807) is 11.8 Å². The number of carbonyl (C=O) groups excluding carboxylic acids is 2. The van der Waals surface area contributed by atoms with E-state index in [9.17, 15) is 9.59 Å². The maximum absolute atomic E-state index is 12.9. The minimum atomic E-state index is -0.0117. The zero-order valence-corrected chi connectivity index (χ0v) is 17.8. The number of likely N-dealkylation sites (tertiary alicyclic amines) is 1. The molecule has 5 nitrogen and oxygen atoms in total. The predicted molar refractivity (Wildman–Crippen MR) is 113 cm³/mol. The molecule has 1 N–H and O–H groups in total. The minimum Gasteiger partial charge on any atom is -0.377 e. The number of thioether (sulfide) groups is 1. The topological polar surface area (TPSA) is 58.6 Å². The van der Waals surface area contributed by atoms with E-state index in [1.165, 1.54) is 0 Å². The average Bonchev–Trinajstić information content (AvgIpc) is 3.20. The highest BCUT2D eigenvalue weighted by atomic mass is 32.2. The fraction of sp³-hybridized carbons (Fsp3) is 0.636. The molecule has 154 valence electrons. The van der Waals surface area contributed by atoms with Crippen LogP contribution < -0.4 is 5.32 Å². The Morgan fingerprint density at radius 1 is 1.21 bits per heavy atom.